The maximum atomic E-state index is 12.3. The van der Waals surface area contributed by atoms with Crippen LogP contribution in [-0.2, 0) is 17.9 Å². The lowest BCUT2D eigenvalue weighted by atomic mass is 9.84. The largest absolute Gasteiger partial charge is 0.348 e. The van der Waals surface area contributed by atoms with E-state index in [0.29, 0.717) is 18.4 Å². The molecule has 4 unspecified atom stereocenters. The first-order valence-electron chi connectivity index (χ1n) is 7.10. The van der Waals surface area contributed by atoms with Gasteiger partial charge >= 0.3 is 0 Å². The summed E-state index contributed by atoms with van der Waals surface area (Å²) in [5.74, 6) is 1.93. The van der Waals surface area contributed by atoms with Crippen LogP contribution in [0, 0.1) is 17.8 Å². The Morgan fingerprint density at radius 3 is 3.00 bits per heavy atom. The summed E-state index contributed by atoms with van der Waals surface area (Å²) in [7, 11) is 0. The molecular formula is C13H21N5O. The third-order valence-corrected chi connectivity index (χ3v) is 4.74. The second kappa shape index (κ2) is 4.92. The van der Waals surface area contributed by atoms with Gasteiger partial charge in [-0.2, -0.15) is 0 Å². The molecule has 2 saturated carbocycles. The first-order valence-corrected chi connectivity index (χ1v) is 7.10. The van der Waals surface area contributed by atoms with Crippen molar-refractivity contribution < 1.29 is 4.79 Å². The Hall–Kier alpha value is -1.43. The Bertz CT molecular complexity index is 469. The van der Waals surface area contributed by atoms with Gasteiger partial charge in [0.2, 0.25) is 5.91 Å². The number of amides is 1. The number of carbonyl (C=O) groups is 1. The summed E-state index contributed by atoms with van der Waals surface area (Å²) in [6.07, 6.45) is 5.16. The summed E-state index contributed by atoms with van der Waals surface area (Å²) >= 11 is 0. The monoisotopic (exact) mass is 263 g/mol. The van der Waals surface area contributed by atoms with Crippen molar-refractivity contribution in [1.29, 1.82) is 0 Å². The van der Waals surface area contributed by atoms with Crippen LogP contribution >= 0.6 is 0 Å². The van der Waals surface area contributed by atoms with Crippen LogP contribution in [0.4, 0.5) is 0 Å². The van der Waals surface area contributed by atoms with E-state index >= 15 is 0 Å². The first kappa shape index (κ1) is 12.6. The van der Waals surface area contributed by atoms with E-state index in [9.17, 15) is 4.79 Å². The highest BCUT2D eigenvalue weighted by Gasteiger charge is 2.48. The molecule has 1 aromatic heterocycles. The standard InChI is InChI=1S/C13H21N5O/c1-2-18-7-16-17-10(18)6-15-13(19)11-8-3-4-9(5-8)12(11)14/h7-9,11-12H,2-6,14H2,1H3,(H,15,19). The van der Waals surface area contributed by atoms with E-state index in [2.05, 4.69) is 15.5 Å². The van der Waals surface area contributed by atoms with Gasteiger partial charge in [0.1, 0.15) is 6.33 Å². The fourth-order valence-corrected chi connectivity index (χ4v) is 3.69. The summed E-state index contributed by atoms with van der Waals surface area (Å²) in [6.45, 7) is 3.28. The zero-order chi connectivity index (χ0) is 13.4. The third-order valence-electron chi connectivity index (χ3n) is 4.74. The van der Waals surface area contributed by atoms with Crippen LogP contribution in [0.3, 0.4) is 0 Å². The van der Waals surface area contributed by atoms with Gasteiger partial charge in [0, 0.05) is 12.6 Å². The summed E-state index contributed by atoms with van der Waals surface area (Å²) in [5, 5.41) is 10.9. The quantitative estimate of drug-likeness (QED) is 0.817. The topological polar surface area (TPSA) is 85.8 Å². The Labute approximate surface area is 112 Å². The minimum atomic E-state index is -0.00301. The number of nitrogens with zero attached hydrogens (tertiary/aromatic N) is 3. The van der Waals surface area contributed by atoms with Crippen molar-refractivity contribution in [3.63, 3.8) is 0 Å². The lowest BCUT2D eigenvalue weighted by molar-refractivity contribution is -0.127. The Balaban J connectivity index is 1.60. The number of rotatable bonds is 4. The number of aromatic nitrogens is 3. The van der Waals surface area contributed by atoms with Crippen molar-refractivity contribution in [1.82, 2.24) is 20.1 Å². The predicted molar refractivity (Wildman–Crippen MR) is 69.8 cm³/mol. The van der Waals surface area contributed by atoms with Crippen LogP contribution in [0.1, 0.15) is 32.0 Å². The van der Waals surface area contributed by atoms with Crippen LogP contribution in [0.25, 0.3) is 0 Å². The summed E-state index contributed by atoms with van der Waals surface area (Å²) in [6, 6.07) is 0.0443. The van der Waals surface area contributed by atoms with Crippen molar-refractivity contribution >= 4 is 5.91 Å². The molecule has 1 heterocycles. The molecule has 0 radical (unpaired) electrons. The van der Waals surface area contributed by atoms with Crippen molar-refractivity contribution in [3.8, 4) is 0 Å². The lowest BCUT2D eigenvalue weighted by Gasteiger charge is -2.26. The molecular weight excluding hydrogens is 242 g/mol. The highest BCUT2D eigenvalue weighted by Crippen LogP contribution is 2.47. The van der Waals surface area contributed by atoms with E-state index in [4.69, 9.17) is 5.73 Å². The van der Waals surface area contributed by atoms with Gasteiger partial charge in [-0.05, 0) is 38.0 Å². The van der Waals surface area contributed by atoms with Crippen LogP contribution in [-0.4, -0.2) is 26.7 Å². The fraction of sp³-hybridized carbons (Fsp3) is 0.769. The SMILES string of the molecule is CCn1cnnc1CNC(=O)C1C2CCC(C2)C1N. The van der Waals surface area contributed by atoms with Crippen LogP contribution in [0.15, 0.2) is 6.33 Å². The molecule has 2 aliphatic rings. The molecule has 2 fully saturated rings. The second-order valence-electron chi connectivity index (χ2n) is 5.69. The van der Waals surface area contributed by atoms with Gasteiger partial charge in [0.25, 0.3) is 0 Å². The average molecular weight is 263 g/mol. The van der Waals surface area contributed by atoms with Crippen molar-refractivity contribution in [3.05, 3.63) is 12.2 Å². The number of aryl methyl sites for hydroxylation is 1. The normalized spacial score (nSPS) is 32.7. The zero-order valence-corrected chi connectivity index (χ0v) is 11.2. The van der Waals surface area contributed by atoms with E-state index in [0.717, 1.165) is 25.2 Å². The first-order chi connectivity index (χ1) is 9.20. The van der Waals surface area contributed by atoms with E-state index in [-0.39, 0.29) is 17.9 Å². The maximum absolute atomic E-state index is 12.3. The molecule has 2 aliphatic carbocycles. The molecule has 6 heteroatoms. The molecule has 4 atom stereocenters. The minimum Gasteiger partial charge on any atom is -0.348 e. The highest BCUT2D eigenvalue weighted by molar-refractivity contribution is 5.80. The average Bonchev–Trinajstić information content (AvgIpc) is 3.10. The molecule has 3 N–H and O–H groups in total. The molecule has 19 heavy (non-hydrogen) atoms. The van der Waals surface area contributed by atoms with Crippen molar-refractivity contribution in [2.24, 2.45) is 23.5 Å². The number of nitrogens with two attached hydrogens (primary N) is 1. The molecule has 1 aromatic rings. The number of nitrogens with one attached hydrogen (secondary N) is 1. The smallest absolute Gasteiger partial charge is 0.225 e. The van der Waals surface area contributed by atoms with Gasteiger partial charge in [0.15, 0.2) is 5.82 Å². The molecule has 0 saturated heterocycles. The van der Waals surface area contributed by atoms with Gasteiger partial charge in [0.05, 0.1) is 12.5 Å². The van der Waals surface area contributed by atoms with Crippen molar-refractivity contribution in [2.75, 3.05) is 0 Å². The van der Waals surface area contributed by atoms with E-state index in [1.54, 1.807) is 6.33 Å². The second-order valence-corrected chi connectivity index (χ2v) is 5.69. The molecule has 0 aromatic carbocycles. The number of hydrogen-bond donors (Lipinski definition) is 2. The number of carbonyl (C=O) groups excluding carboxylic acids is 1. The third kappa shape index (κ3) is 2.14. The number of hydrogen-bond acceptors (Lipinski definition) is 4. The zero-order valence-electron chi connectivity index (χ0n) is 11.2. The highest BCUT2D eigenvalue weighted by atomic mass is 16.2. The van der Waals surface area contributed by atoms with E-state index in [1.165, 1.54) is 6.42 Å². The number of fused-ring (bicyclic) bond motifs is 2. The molecule has 104 valence electrons. The van der Waals surface area contributed by atoms with Gasteiger partial charge in [-0.25, -0.2) is 0 Å². The summed E-state index contributed by atoms with van der Waals surface area (Å²) in [4.78, 5) is 12.3. The van der Waals surface area contributed by atoms with Crippen LogP contribution in [0.2, 0.25) is 0 Å². The minimum absolute atomic E-state index is 0.00301. The van der Waals surface area contributed by atoms with Gasteiger partial charge in [-0.1, -0.05) is 0 Å². The van der Waals surface area contributed by atoms with Crippen molar-refractivity contribution in [2.45, 2.75) is 45.3 Å². The summed E-state index contributed by atoms with van der Waals surface area (Å²) < 4.78 is 1.93. The van der Waals surface area contributed by atoms with Gasteiger partial charge in [-0.15, -0.1) is 10.2 Å². The molecule has 2 bridgehead atoms. The van der Waals surface area contributed by atoms with E-state index in [1.807, 2.05) is 11.5 Å². The molecule has 6 nitrogen and oxygen atoms in total. The van der Waals surface area contributed by atoms with Crippen LogP contribution < -0.4 is 11.1 Å². The van der Waals surface area contributed by atoms with Gasteiger partial charge in [-0.3, -0.25) is 4.79 Å². The Kier molecular flexibility index (Phi) is 3.26. The Morgan fingerprint density at radius 2 is 2.32 bits per heavy atom. The molecule has 0 spiro atoms. The molecule has 0 aliphatic heterocycles. The van der Waals surface area contributed by atoms with E-state index < -0.39 is 0 Å². The molecule has 3 rings (SSSR count). The van der Waals surface area contributed by atoms with Crippen LogP contribution in [0.5, 0.6) is 0 Å². The Morgan fingerprint density at radius 1 is 1.53 bits per heavy atom. The predicted octanol–water partition coefficient (Wildman–Crippen LogP) is 0.288. The summed E-state index contributed by atoms with van der Waals surface area (Å²) in [5.41, 5.74) is 6.18. The molecule has 1 amide bonds. The maximum Gasteiger partial charge on any atom is 0.225 e. The fourth-order valence-electron chi connectivity index (χ4n) is 3.69. The lowest BCUT2D eigenvalue weighted by Crippen LogP contribution is -2.45. The van der Waals surface area contributed by atoms with Gasteiger partial charge < -0.3 is 15.6 Å².